The van der Waals surface area contributed by atoms with E-state index in [4.69, 9.17) is 16.7 Å². The number of aromatic hydroxyl groups is 1. The minimum Gasteiger partial charge on any atom is -0.508 e. The van der Waals surface area contributed by atoms with Crippen molar-refractivity contribution in [2.45, 2.75) is 19.0 Å². The van der Waals surface area contributed by atoms with E-state index < -0.39 is 17.8 Å². The number of hydrogen-bond acceptors (Lipinski definition) is 4. The van der Waals surface area contributed by atoms with E-state index >= 15 is 0 Å². The molecule has 2 rings (SSSR count). The Morgan fingerprint density at radius 1 is 1.43 bits per heavy atom. The van der Waals surface area contributed by atoms with E-state index in [1.54, 1.807) is 6.07 Å². The molecule has 0 amide bonds. The summed E-state index contributed by atoms with van der Waals surface area (Å²) in [6.45, 7) is -0.0218. The van der Waals surface area contributed by atoms with E-state index in [1.807, 2.05) is 10.8 Å². The van der Waals surface area contributed by atoms with Crippen LogP contribution >= 0.6 is 22.9 Å². The first-order valence-corrected chi connectivity index (χ1v) is 7.44. The predicted molar refractivity (Wildman–Crippen MR) is 79.2 cm³/mol. The van der Waals surface area contributed by atoms with Crippen molar-refractivity contribution < 1.29 is 19.4 Å². The lowest BCUT2D eigenvalue weighted by Crippen LogP contribution is -2.23. The quantitative estimate of drug-likeness (QED) is 0.758. The molecule has 112 valence electrons. The number of phenols is 1. The zero-order valence-corrected chi connectivity index (χ0v) is 12.4. The van der Waals surface area contributed by atoms with Crippen molar-refractivity contribution >= 4 is 28.9 Å². The molecule has 4 nitrogen and oxygen atoms in total. The van der Waals surface area contributed by atoms with Crippen LogP contribution in [0.1, 0.15) is 23.6 Å². The summed E-state index contributed by atoms with van der Waals surface area (Å²) >= 11 is 7.13. The summed E-state index contributed by atoms with van der Waals surface area (Å²) in [6, 6.07) is 3.91. The van der Waals surface area contributed by atoms with Crippen molar-refractivity contribution in [3.63, 3.8) is 0 Å². The topological polar surface area (TPSA) is 69.6 Å². The lowest BCUT2D eigenvalue weighted by Gasteiger charge is -2.17. The number of rotatable bonds is 6. The molecule has 0 saturated carbocycles. The molecule has 3 N–H and O–H groups in total. The van der Waals surface area contributed by atoms with Crippen LogP contribution in [0.25, 0.3) is 0 Å². The average molecular weight is 330 g/mol. The van der Waals surface area contributed by atoms with Gasteiger partial charge in [-0.3, -0.25) is 4.79 Å². The van der Waals surface area contributed by atoms with Gasteiger partial charge in [0, 0.05) is 18.2 Å². The number of nitrogens with one attached hydrogen (secondary N) is 1. The molecule has 0 spiro atoms. The lowest BCUT2D eigenvalue weighted by molar-refractivity contribution is -0.137. The second-order valence-corrected chi connectivity index (χ2v) is 5.63. The van der Waals surface area contributed by atoms with Gasteiger partial charge in [0.25, 0.3) is 0 Å². The molecule has 0 bridgehead atoms. The van der Waals surface area contributed by atoms with Gasteiger partial charge in [0.1, 0.15) is 11.6 Å². The van der Waals surface area contributed by atoms with Crippen LogP contribution in [0.3, 0.4) is 0 Å². The van der Waals surface area contributed by atoms with Gasteiger partial charge >= 0.3 is 5.97 Å². The Balaban J connectivity index is 2.16. The van der Waals surface area contributed by atoms with Crippen LogP contribution < -0.4 is 5.32 Å². The van der Waals surface area contributed by atoms with Crippen molar-refractivity contribution in [1.29, 1.82) is 0 Å². The van der Waals surface area contributed by atoms with Gasteiger partial charge in [-0.2, -0.15) is 11.3 Å². The second-order valence-electron chi connectivity index (χ2n) is 4.45. The van der Waals surface area contributed by atoms with E-state index in [-0.39, 0.29) is 29.3 Å². The fourth-order valence-electron chi connectivity index (χ4n) is 1.93. The van der Waals surface area contributed by atoms with Gasteiger partial charge in [0.05, 0.1) is 11.4 Å². The summed E-state index contributed by atoms with van der Waals surface area (Å²) in [5, 5.41) is 25.2. The Morgan fingerprint density at radius 3 is 2.81 bits per heavy atom. The first-order chi connectivity index (χ1) is 9.99. The highest BCUT2D eigenvalue weighted by Gasteiger charge is 2.18. The molecule has 1 heterocycles. The molecule has 2 aromatic rings. The second kappa shape index (κ2) is 6.89. The molecule has 0 aliphatic heterocycles. The van der Waals surface area contributed by atoms with Crippen molar-refractivity contribution in [3.05, 3.63) is 50.9 Å². The minimum absolute atomic E-state index is 0.0214. The smallest absolute Gasteiger partial charge is 0.305 e. The highest BCUT2D eigenvalue weighted by molar-refractivity contribution is 7.07. The largest absolute Gasteiger partial charge is 0.508 e. The van der Waals surface area contributed by atoms with Gasteiger partial charge in [-0.1, -0.05) is 11.6 Å². The molecule has 0 fully saturated rings. The predicted octanol–water partition coefficient (Wildman–Crippen LogP) is 3.55. The zero-order chi connectivity index (χ0) is 15.4. The summed E-state index contributed by atoms with van der Waals surface area (Å²) in [7, 11) is 0. The maximum Gasteiger partial charge on any atom is 0.305 e. The molecule has 0 aliphatic rings. The van der Waals surface area contributed by atoms with E-state index in [0.717, 1.165) is 5.56 Å². The van der Waals surface area contributed by atoms with Crippen molar-refractivity contribution in [2.75, 3.05) is 0 Å². The molecule has 21 heavy (non-hydrogen) atoms. The third-order valence-corrected chi connectivity index (χ3v) is 4.01. The van der Waals surface area contributed by atoms with Crippen molar-refractivity contribution in [2.24, 2.45) is 0 Å². The van der Waals surface area contributed by atoms with Crippen LogP contribution in [0.4, 0.5) is 4.39 Å². The Bertz CT molecular complexity index is 633. The molecule has 1 aromatic carbocycles. The lowest BCUT2D eigenvalue weighted by atomic mass is 10.1. The number of halogens is 2. The average Bonchev–Trinajstić information content (AvgIpc) is 2.95. The van der Waals surface area contributed by atoms with Gasteiger partial charge < -0.3 is 15.5 Å². The highest BCUT2D eigenvalue weighted by atomic mass is 35.5. The number of carboxylic acids is 1. The molecule has 7 heteroatoms. The summed E-state index contributed by atoms with van der Waals surface area (Å²) in [5.74, 6) is -1.89. The number of phenolic OH excluding ortho intramolecular Hbond substituents is 1. The molecular formula is C14H13ClFNO3S. The number of thiophene rings is 1. The number of carboxylic acid groups (broad SMARTS) is 1. The molecule has 1 unspecified atom stereocenters. The standard InChI is InChI=1S/C14H13ClFNO3S/c15-10-1-2-12(18)9(14(10)16)6-17-11(5-13(19)20)8-3-4-21-7-8/h1-4,7,11,17-18H,5-6H2,(H,19,20). The third-order valence-electron chi connectivity index (χ3n) is 3.02. The summed E-state index contributed by atoms with van der Waals surface area (Å²) in [6.07, 6.45) is -0.139. The molecular weight excluding hydrogens is 317 g/mol. The van der Waals surface area contributed by atoms with Crippen molar-refractivity contribution in [3.8, 4) is 5.75 Å². The number of carbonyl (C=O) groups is 1. The van der Waals surface area contributed by atoms with E-state index in [1.165, 1.54) is 23.5 Å². The van der Waals surface area contributed by atoms with Gasteiger partial charge in [-0.15, -0.1) is 0 Å². The van der Waals surface area contributed by atoms with E-state index in [2.05, 4.69) is 5.32 Å². The van der Waals surface area contributed by atoms with Gasteiger partial charge in [0.2, 0.25) is 0 Å². The van der Waals surface area contributed by atoms with Gasteiger partial charge in [0.15, 0.2) is 0 Å². The maximum absolute atomic E-state index is 13.9. The summed E-state index contributed by atoms with van der Waals surface area (Å²) in [4.78, 5) is 10.9. The first kappa shape index (κ1) is 15.8. The molecule has 0 saturated heterocycles. The Kier molecular flexibility index (Phi) is 5.17. The van der Waals surface area contributed by atoms with Crippen LogP contribution in [-0.4, -0.2) is 16.2 Å². The Morgan fingerprint density at radius 2 is 2.19 bits per heavy atom. The molecule has 0 radical (unpaired) electrons. The van der Waals surface area contributed by atoms with Crippen LogP contribution in [-0.2, 0) is 11.3 Å². The van der Waals surface area contributed by atoms with E-state index in [0.29, 0.717) is 0 Å². The van der Waals surface area contributed by atoms with E-state index in [9.17, 15) is 14.3 Å². The highest BCUT2D eigenvalue weighted by Crippen LogP contribution is 2.27. The van der Waals surface area contributed by atoms with Crippen molar-refractivity contribution in [1.82, 2.24) is 5.32 Å². The zero-order valence-electron chi connectivity index (χ0n) is 10.8. The number of aliphatic carboxylic acids is 1. The Hall–Kier alpha value is -1.63. The molecule has 1 aromatic heterocycles. The number of hydrogen-bond donors (Lipinski definition) is 3. The monoisotopic (exact) mass is 329 g/mol. The van der Waals surface area contributed by atoms with Crippen LogP contribution in [0.5, 0.6) is 5.75 Å². The number of benzene rings is 1. The van der Waals surface area contributed by atoms with Gasteiger partial charge in [-0.05, 0) is 34.5 Å². The fourth-order valence-corrected chi connectivity index (χ4v) is 2.82. The molecule has 1 atom stereocenters. The van der Waals surface area contributed by atoms with Crippen LogP contribution in [0.2, 0.25) is 5.02 Å². The summed E-state index contributed by atoms with van der Waals surface area (Å²) in [5.41, 5.74) is 0.831. The van der Waals surface area contributed by atoms with Gasteiger partial charge in [-0.25, -0.2) is 4.39 Å². The summed E-state index contributed by atoms with van der Waals surface area (Å²) < 4.78 is 13.9. The van der Waals surface area contributed by atoms with Crippen LogP contribution in [0.15, 0.2) is 29.0 Å². The minimum atomic E-state index is -0.963. The van der Waals surface area contributed by atoms with Crippen LogP contribution in [0, 0.1) is 5.82 Å². The first-order valence-electron chi connectivity index (χ1n) is 6.12. The normalized spacial score (nSPS) is 12.3. The SMILES string of the molecule is O=C(O)CC(NCc1c(O)ccc(Cl)c1F)c1ccsc1. The molecule has 0 aliphatic carbocycles. The fraction of sp³-hybridized carbons (Fsp3) is 0.214. The maximum atomic E-state index is 13.9. The third kappa shape index (κ3) is 3.93. The Labute approximate surface area is 129 Å².